The van der Waals surface area contributed by atoms with Gasteiger partial charge in [-0.25, -0.2) is 0 Å². The Balaban J connectivity index is 2.23. The van der Waals surface area contributed by atoms with E-state index in [0.717, 1.165) is 4.88 Å². The van der Waals surface area contributed by atoms with Gasteiger partial charge in [-0.2, -0.15) is 26.0 Å². The van der Waals surface area contributed by atoms with Gasteiger partial charge >= 0.3 is 21.6 Å². The summed E-state index contributed by atoms with van der Waals surface area (Å²) in [4.78, 5) is 12.8. The van der Waals surface area contributed by atoms with Crippen molar-refractivity contribution in [2.45, 2.75) is 38.6 Å². The Labute approximate surface area is 158 Å². The average Bonchev–Trinajstić information content (AvgIpc) is 2.98. The molecule has 7 nitrogen and oxygen atoms in total. The molecule has 0 amide bonds. The summed E-state index contributed by atoms with van der Waals surface area (Å²) in [6.07, 6.45) is -0.0703. The third-order valence-electron chi connectivity index (χ3n) is 3.72. The van der Waals surface area contributed by atoms with Crippen molar-refractivity contribution < 1.29 is 40.0 Å². The van der Waals surface area contributed by atoms with Gasteiger partial charge in [0.2, 0.25) is 5.88 Å². The molecule has 12 heteroatoms. The molecule has 152 valence electrons. The predicted octanol–water partition coefficient (Wildman–Crippen LogP) is 3.31. The predicted molar refractivity (Wildman–Crippen MR) is 89.4 cm³/mol. The molecule has 1 atom stereocenters. The third-order valence-corrected chi connectivity index (χ3v) is 5.39. The fourth-order valence-electron chi connectivity index (χ4n) is 2.45. The summed E-state index contributed by atoms with van der Waals surface area (Å²) in [6.45, 7) is 3.35. The molecule has 1 aromatic heterocycles. The number of halogens is 3. The van der Waals surface area contributed by atoms with Crippen LogP contribution in [0.2, 0.25) is 0 Å². The van der Waals surface area contributed by atoms with Crippen LogP contribution in [0.3, 0.4) is 0 Å². The van der Waals surface area contributed by atoms with Crippen LogP contribution in [-0.4, -0.2) is 37.5 Å². The van der Waals surface area contributed by atoms with Crippen molar-refractivity contribution in [2.75, 3.05) is 13.2 Å². The second-order valence-corrected chi connectivity index (χ2v) is 8.31. The van der Waals surface area contributed by atoms with E-state index in [9.17, 15) is 26.4 Å². The van der Waals surface area contributed by atoms with Crippen molar-refractivity contribution >= 4 is 27.6 Å². The number of hydrogen-bond donors (Lipinski definition) is 0. The highest BCUT2D eigenvalue weighted by Gasteiger charge is 2.49. The molecule has 0 fully saturated rings. The Morgan fingerprint density at radius 2 is 2.11 bits per heavy atom. The average molecular weight is 429 g/mol. The fraction of sp³-hybridized carbons (Fsp3) is 0.600. The van der Waals surface area contributed by atoms with Crippen molar-refractivity contribution in [3.05, 3.63) is 22.3 Å². The molecule has 0 saturated carbocycles. The number of esters is 1. The minimum absolute atomic E-state index is 0.0232. The van der Waals surface area contributed by atoms with Gasteiger partial charge in [0, 0.05) is 22.9 Å². The first-order valence-electron chi connectivity index (χ1n) is 7.98. The third kappa shape index (κ3) is 5.58. The largest absolute Gasteiger partial charge is 0.534 e. The minimum Gasteiger partial charge on any atom is -0.472 e. The number of aromatic nitrogens is 1. The zero-order chi connectivity index (χ0) is 20.2. The number of allylic oxidation sites excluding steroid dienone is 1. The molecule has 0 aliphatic heterocycles. The van der Waals surface area contributed by atoms with Crippen LogP contribution >= 0.6 is 11.5 Å². The Kier molecular flexibility index (Phi) is 6.73. The van der Waals surface area contributed by atoms with Gasteiger partial charge in [0.1, 0.15) is 12.4 Å². The van der Waals surface area contributed by atoms with E-state index in [2.05, 4.69) is 8.56 Å². The monoisotopic (exact) mass is 429 g/mol. The summed E-state index contributed by atoms with van der Waals surface area (Å²) >= 11 is 1.18. The van der Waals surface area contributed by atoms with E-state index in [0.29, 0.717) is 0 Å². The molecule has 0 spiro atoms. The zero-order valence-electron chi connectivity index (χ0n) is 14.5. The highest BCUT2D eigenvalue weighted by Crippen LogP contribution is 2.35. The molecular weight excluding hydrogens is 411 g/mol. The van der Waals surface area contributed by atoms with Crippen molar-refractivity contribution in [2.24, 2.45) is 5.92 Å². The van der Waals surface area contributed by atoms with Crippen LogP contribution in [0, 0.1) is 12.8 Å². The summed E-state index contributed by atoms with van der Waals surface area (Å²) in [5.74, 6) is -1.22. The Morgan fingerprint density at radius 1 is 1.41 bits per heavy atom. The summed E-state index contributed by atoms with van der Waals surface area (Å²) in [5, 5.41) is 0. The maximum atomic E-state index is 12.6. The number of carbonyl (C=O) groups is 1. The van der Waals surface area contributed by atoms with Gasteiger partial charge in [-0.3, -0.25) is 4.79 Å². The Bertz CT molecular complexity index is 816. The standard InChI is InChI=1S/C15H18F3NO6S2/c1-3-23-14(20)10-4-5-12(25-27(21,22)15(16,17)18)11(7-10)8-24-13-6-9(2)26-19-13/h6,10H,3-5,7-8H2,1-2H3. The van der Waals surface area contributed by atoms with Crippen molar-refractivity contribution in [1.29, 1.82) is 0 Å². The molecule has 0 aromatic carbocycles. The highest BCUT2D eigenvalue weighted by molar-refractivity contribution is 7.87. The van der Waals surface area contributed by atoms with Crippen LogP contribution in [0.15, 0.2) is 17.4 Å². The van der Waals surface area contributed by atoms with Crippen molar-refractivity contribution in [3.63, 3.8) is 0 Å². The molecule has 0 radical (unpaired) electrons. The van der Waals surface area contributed by atoms with Gasteiger partial charge in [-0.05, 0) is 38.2 Å². The lowest BCUT2D eigenvalue weighted by atomic mass is 9.88. The van der Waals surface area contributed by atoms with Crippen molar-refractivity contribution in [3.8, 4) is 5.88 Å². The van der Waals surface area contributed by atoms with Gasteiger partial charge in [0.15, 0.2) is 0 Å². The minimum atomic E-state index is -5.80. The molecule has 1 unspecified atom stereocenters. The number of alkyl halides is 3. The summed E-state index contributed by atoms with van der Waals surface area (Å²) < 4.78 is 79.2. The van der Waals surface area contributed by atoms with E-state index < -0.39 is 27.5 Å². The zero-order valence-corrected chi connectivity index (χ0v) is 16.2. The lowest BCUT2D eigenvalue weighted by Gasteiger charge is -2.25. The SMILES string of the molecule is CCOC(=O)C1CCC(OS(=O)(=O)C(F)(F)F)=C(COc2cc(C)sn2)C1. The Morgan fingerprint density at radius 3 is 2.67 bits per heavy atom. The highest BCUT2D eigenvalue weighted by atomic mass is 32.2. The molecule has 27 heavy (non-hydrogen) atoms. The van der Waals surface area contributed by atoms with E-state index in [1.165, 1.54) is 11.5 Å². The molecule has 0 saturated heterocycles. The lowest BCUT2D eigenvalue weighted by molar-refractivity contribution is -0.148. The lowest BCUT2D eigenvalue weighted by Crippen LogP contribution is -2.29. The van der Waals surface area contributed by atoms with E-state index in [4.69, 9.17) is 9.47 Å². The normalized spacial score (nSPS) is 18.3. The van der Waals surface area contributed by atoms with Crippen LogP contribution in [0.5, 0.6) is 5.88 Å². The maximum Gasteiger partial charge on any atom is 0.534 e. The first kappa shape index (κ1) is 21.5. The maximum absolute atomic E-state index is 12.6. The number of aryl methyl sites for hydroxylation is 1. The van der Waals surface area contributed by atoms with Gasteiger partial charge < -0.3 is 13.7 Å². The number of carbonyl (C=O) groups excluding carboxylic acids is 1. The van der Waals surface area contributed by atoms with Gasteiger partial charge in [0.05, 0.1) is 12.5 Å². The van der Waals surface area contributed by atoms with Crippen LogP contribution in [0.25, 0.3) is 0 Å². The molecule has 0 N–H and O–H groups in total. The van der Waals surface area contributed by atoms with Crippen LogP contribution in [0.4, 0.5) is 13.2 Å². The van der Waals surface area contributed by atoms with E-state index >= 15 is 0 Å². The Hall–Kier alpha value is -1.82. The summed E-state index contributed by atoms with van der Waals surface area (Å²) in [5.41, 5.74) is -5.39. The number of hydrogen-bond acceptors (Lipinski definition) is 8. The van der Waals surface area contributed by atoms with Crippen LogP contribution in [0.1, 0.15) is 31.1 Å². The van der Waals surface area contributed by atoms with Crippen LogP contribution in [-0.2, 0) is 23.8 Å². The molecule has 1 aliphatic rings. The molecule has 2 rings (SSSR count). The first-order chi connectivity index (χ1) is 12.5. The summed E-state index contributed by atoms with van der Waals surface area (Å²) in [7, 11) is -5.80. The second-order valence-electron chi connectivity index (χ2n) is 5.77. The molecule has 1 aromatic rings. The van der Waals surface area contributed by atoms with E-state index in [1.54, 1.807) is 19.9 Å². The number of rotatable bonds is 7. The number of ether oxygens (including phenoxy) is 2. The van der Waals surface area contributed by atoms with Gasteiger partial charge in [0.25, 0.3) is 0 Å². The quantitative estimate of drug-likeness (QED) is 0.373. The number of nitrogens with zero attached hydrogens (tertiary/aromatic N) is 1. The van der Waals surface area contributed by atoms with Gasteiger partial charge in [-0.1, -0.05) is 0 Å². The van der Waals surface area contributed by atoms with E-state index in [-0.39, 0.29) is 49.7 Å². The van der Waals surface area contributed by atoms with Gasteiger partial charge in [-0.15, -0.1) is 0 Å². The molecule has 1 heterocycles. The second kappa shape index (κ2) is 8.46. The first-order valence-corrected chi connectivity index (χ1v) is 10.2. The summed E-state index contributed by atoms with van der Waals surface area (Å²) in [6, 6.07) is 1.63. The fourth-order valence-corrected chi connectivity index (χ4v) is 3.50. The molecule has 1 aliphatic carbocycles. The molecule has 0 bridgehead atoms. The van der Waals surface area contributed by atoms with Crippen molar-refractivity contribution in [1.82, 2.24) is 4.37 Å². The topological polar surface area (TPSA) is 91.8 Å². The van der Waals surface area contributed by atoms with Crippen LogP contribution < -0.4 is 4.74 Å². The molecular formula is C15H18F3NO6S2. The van der Waals surface area contributed by atoms with E-state index in [1.807, 2.05) is 0 Å². The smallest absolute Gasteiger partial charge is 0.472 e.